The van der Waals surface area contributed by atoms with Crippen molar-refractivity contribution in [3.63, 3.8) is 0 Å². The summed E-state index contributed by atoms with van der Waals surface area (Å²) in [4.78, 5) is 22.8. The van der Waals surface area contributed by atoms with Gasteiger partial charge in [0.1, 0.15) is 0 Å². The molecule has 0 bridgehead atoms. The first-order valence-corrected chi connectivity index (χ1v) is 5.17. The highest BCUT2D eigenvalue weighted by atomic mass is 16.5. The molecule has 0 saturated heterocycles. The Morgan fingerprint density at radius 3 is 1.44 bits per heavy atom. The number of aliphatic hydroxyl groups excluding tert-OH is 2. The van der Waals surface area contributed by atoms with Crippen molar-refractivity contribution >= 4 is 11.9 Å². The molecule has 0 fully saturated rings. The zero-order chi connectivity index (χ0) is 12.6. The van der Waals surface area contributed by atoms with Crippen LogP contribution in [0.15, 0.2) is 0 Å². The van der Waals surface area contributed by atoms with Crippen LogP contribution in [0.3, 0.4) is 0 Å². The van der Waals surface area contributed by atoms with Gasteiger partial charge in [-0.3, -0.25) is 9.59 Å². The number of esters is 2. The van der Waals surface area contributed by atoms with Crippen LogP contribution < -0.4 is 0 Å². The number of rotatable bonds is 7. The molecule has 2 N–H and O–H groups in total. The number of aliphatic hydroxyl groups is 2. The Morgan fingerprint density at radius 1 is 0.938 bits per heavy atom. The third-order valence-electron chi connectivity index (χ3n) is 2.06. The molecular formula is C10H18O6. The number of hydrogen-bond donors (Lipinski definition) is 2. The molecule has 0 radical (unpaired) electrons. The molecule has 94 valence electrons. The van der Waals surface area contributed by atoms with Crippen LogP contribution in [0.5, 0.6) is 0 Å². The lowest BCUT2D eigenvalue weighted by atomic mass is 9.94. The maximum atomic E-state index is 11.4. The Bertz CT molecular complexity index is 203. The molecular weight excluding hydrogens is 216 g/mol. The molecule has 0 aliphatic rings. The molecule has 0 heterocycles. The average molecular weight is 234 g/mol. The predicted molar refractivity (Wildman–Crippen MR) is 54.4 cm³/mol. The van der Waals surface area contributed by atoms with Gasteiger partial charge in [-0.05, 0) is 13.8 Å². The highest BCUT2D eigenvalue weighted by molar-refractivity contribution is 5.82. The molecule has 0 aliphatic heterocycles. The summed E-state index contributed by atoms with van der Waals surface area (Å²) in [5, 5.41) is 18.0. The number of carbonyl (C=O) groups is 2. The van der Waals surface area contributed by atoms with Gasteiger partial charge in [-0.25, -0.2) is 0 Å². The first-order chi connectivity index (χ1) is 7.62. The quantitative estimate of drug-likeness (QED) is 0.567. The van der Waals surface area contributed by atoms with E-state index in [1.165, 1.54) is 0 Å². The van der Waals surface area contributed by atoms with E-state index in [1.54, 1.807) is 13.8 Å². The zero-order valence-corrected chi connectivity index (χ0v) is 9.51. The van der Waals surface area contributed by atoms with Gasteiger partial charge >= 0.3 is 11.9 Å². The van der Waals surface area contributed by atoms with Crippen LogP contribution in [0.1, 0.15) is 13.8 Å². The largest absolute Gasteiger partial charge is 0.466 e. The Balaban J connectivity index is 4.61. The van der Waals surface area contributed by atoms with Gasteiger partial charge in [-0.1, -0.05) is 0 Å². The topological polar surface area (TPSA) is 93.1 Å². The van der Waals surface area contributed by atoms with E-state index in [2.05, 4.69) is 9.47 Å². The second kappa shape index (κ2) is 8.06. The first kappa shape index (κ1) is 14.9. The second-order valence-electron chi connectivity index (χ2n) is 3.08. The number of hydrogen-bond acceptors (Lipinski definition) is 6. The lowest BCUT2D eigenvalue weighted by Crippen LogP contribution is -2.37. The molecule has 6 heteroatoms. The van der Waals surface area contributed by atoms with Crippen LogP contribution in [0.2, 0.25) is 0 Å². The molecule has 0 aromatic carbocycles. The third kappa shape index (κ3) is 4.16. The fraction of sp³-hybridized carbons (Fsp3) is 0.800. The van der Waals surface area contributed by atoms with Crippen LogP contribution in [0.25, 0.3) is 0 Å². The fourth-order valence-electron chi connectivity index (χ4n) is 1.23. The molecule has 0 aliphatic carbocycles. The van der Waals surface area contributed by atoms with Crippen molar-refractivity contribution in [2.75, 3.05) is 26.4 Å². The van der Waals surface area contributed by atoms with Gasteiger partial charge in [-0.15, -0.1) is 0 Å². The fourth-order valence-corrected chi connectivity index (χ4v) is 1.23. The predicted octanol–water partition coefficient (Wildman–Crippen LogP) is -0.670. The SMILES string of the molecule is CCOC(=O)[C@H](CO)[C@@H](CO)C(=O)OCC. The maximum absolute atomic E-state index is 11.4. The van der Waals surface area contributed by atoms with Gasteiger partial charge in [0.25, 0.3) is 0 Å². The maximum Gasteiger partial charge on any atom is 0.312 e. The van der Waals surface area contributed by atoms with E-state index in [1.807, 2.05) is 0 Å². The molecule has 0 aromatic heterocycles. The Hall–Kier alpha value is -1.14. The molecule has 0 aromatic rings. The summed E-state index contributed by atoms with van der Waals surface area (Å²) in [6.45, 7) is 2.40. The van der Waals surface area contributed by atoms with Crippen molar-refractivity contribution in [3.05, 3.63) is 0 Å². The monoisotopic (exact) mass is 234 g/mol. The van der Waals surface area contributed by atoms with E-state index < -0.39 is 37.0 Å². The zero-order valence-electron chi connectivity index (χ0n) is 9.51. The van der Waals surface area contributed by atoms with Gasteiger partial charge in [0.05, 0.1) is 38.3 Å². The second-order valence-corrected chi connectivity index (χ2v) is 3.08. The standard InChI is InChI=1S/C10H18O6/c1-3-15-9(13)7(5-11)8(6-12)10(14)16-4-2/h7-8,11-12H,3-6H2,1-2H3/t7-,8-/m1/s1. The Morgan fingerprint density at radius 2 is 1.25 bits per heavy atom. The van der Waals surface area contributed by atoms with E-state index in [0.717, 1.165) is 0 Å². The molecule has 0 spiro atoms. The van der Waals surface area contributed by atoms with Crippen LogP contribution in [0, 0.1) is 11.8 Å². The minimum Gasteiger partial charge on any atom is -0.466 e. The van der Waals surface area contributed by atoms with Crippen LogP contribution in [-0.2, 0) is 19.1 Å². The van der Waals surface area contributed by atoms with Gasteiger partial charge in [-0.2, -0.15) is 0 Å². The van der Waals surface area contributed by atoms with E-state index in [0.29, 0.717) is 0 Å². The summed E-state index contributed by atoms with van der Waals surface area (Å²) in [7, 11) is 0. The lowest BCUT2D eigenvalue weighted by Gasteiger charge is -2.20. The minimum atomic E-state index is -1.08. The Kier molecular flexibility index (Phi) is 7.49. The normalized spacial score (nSPS) is 14.0. The number of carbonyl (C=O) groups excluding carboxylic acids is 2. The van der Waals surface area contributed by atoms with Crippen molar-refractivity contribution in [1.29, 1.82) is 0 Å². The van der Waals surface area contributed by atoms with Crippen molar-refractivity contribution in [1.82, 2.24) is 0 Å². The third-order valence-corrected chi connectivity index (χ3v) is 2.06. The summed E-state index contributed by atoms with van der Waals surface area (Å²) in [5.74, 6) is -3.58. The molecule has 0 rings (SSSR count). The Labute approximate surface area is 94.2 Å². The summed E-state index contributed by atoms with van der Waals surface area (Å²) >= 11 is 0. The van der Waals surface area contributed by atoms with Gasteiger partial charge in [0, 0.05) is 0 Å². The van der Waals surface area contributed by atoms with Gasteiger partial charge < -0.3 is 19.7 Å². The highest BCUT2D eigenvalue weighted by Crippen LogP contribution is 2.15. The van der Waals surface area contributed by atoms with Crippen molar-refractivity contribution in [3.8, 4) is 0 Å². The summed E-state index contributed by atoms with van der Waals surface area (Å²) in [6.07, 6.45) is 0. The highest BCUT2D eigenvalue weighted by Gasteiger charge is 2.34. The van der Waals surface area contributed by atoms with Crippen molar-refractivity contribution in [2.24, 2.45) is 11.8 Å². The lowest BCUT2D eigenvalue weighted by molar-refractivity contribution is -0.163. The van der Waals surface area contributed by atoms with E-state index in [4.69, 9.17) is 10.2 Å². The molecule has 2 atom stereocenters. The van der Waals surface area contributed by atoms with Crippen LogP contribution >= 0.6 is 0 Å². The summed E-state index contributed by atoms with van der Waals surface area (Å²) in [6, 6.07) is 0. The van der Waals surface area contributed by atoms with E-state index >= 15 is 0 Å². The van der Waals surface area contributed by atoms with Gasteiger partial charge in [0.2, 0.25) is 0 Å². The summed E-state index contributed by atoms with van der Waals surface area (Å²) < 4.78 is 9.38. The van der Waals surface area contributed by atoms with E-state index in [9.17, 15) is 9.59 Å². The van der Waals surface area contributed by atoms with Gasteiger partial charge in [0.15, 0.2) is 0 Å². The summed E-state index contributed by atoms with van der Waals surface area (Å²) in [5.41, 5.74) is 0. The molecule has 0 amide bonds. The molecule has 16 heavy (non-hydrogen) atoms. The smallest absolute Gasteiger partial charge is 0.312 e. The molecule has 0 unspecified atom stereocenters. The molecule has 6 nitrogen and oxygen atoms in total. The average Bonchev–Trinajstić information content (AvgIpc) is 2.25. The molecule has 0 saturated carbocycles. The van der Waals surface area contributed by atoms with Crippen LogP contribution in [0.4, 0.5) is 0 Å². The first-order valence-electron chi connectivity index (χ1n) is 5.17. The minimum absolute atomic E-state index is 0.149. The number of ether oxygens (including phenoxy) is 2. The van der Waals surface area contributed by atoms with E-state index in [-0.39, 0.29) is 13.2 Å². The van der Waals surface area contributed by atoms with Crippen molar-refractivity contribution < 1.29 is 29.3 Å². The van der Waals surface area contributed by atoms with Crippen molar-refractivity contribution in [2.45, 2.75) is 13.8 Å². The van der Waals surface area contributed by atoms with Crippen LogP contribution in [-0.4, -0.2) is 48.6 Å².